The van der Waals surface area contributed by atoms with E-state index in [0.717, 1.165) is 70.1 Å². The van der Waals surface area contributed by atoms with Crippen LogP contribution in [-0.2, 0) is 28.6 Å². The van der Waals surface area contributed by atoms with Crippen molar-refractivity contribution in [1.29, 1.82) is 0 Å². The van der Waals surface area contributed by atoms with Crippen molar-refractivity contribution in [2.75, 3.05) is 13.1 Å². The van der Waals surface area contributed by atoms with E-state index in [1.54, 1.807) is 0 Å². The second-order valence-electron chi connectivity index (χ2n) is 15.6. The fraction of sp³-hybridized carbons (Fsp3) is 0.537. The van der Waals surface area contributed by atoms with Gasteiger partial charge in [0, 0.05) is 18.3 Å². The summed E-state index contributed by atoms with van der Waals surface area (Å²) in [5, 5.41) is 13.0. The molecule has 2 fully saturated rings. The first-order valence-electron chi connectivity index (χ1n) is 18.4. The predicted molar refractivity (Wildman–Crippen MR) is 192 cm³/mol. The highest BCUT2D eigenvalue weighted by Gasteiger charge is 2.40. The molecule has 0 radical (unpaired) electrons. The van der Waals surface area contributed by atoms with E-state index in [4.69, 9.17) is 0 Å². The molecular weight excluding hydrogens is 655 g/mol. The third kappa shape index (κ3) is 8.11. The molecule has 2 aliphatic carbocycles. The molecule has 2 heterocycles. The second-order valence-corrected chi connectivity index (χ2v) is 15.6. The molecule has 2 unspecified atom stereocenters. The van der Waals surface area contributed by atoms with Crippen molar-refractivity contribution in [1.82, 2.24) is 14.8 Å². The Morgan fingerprint density at radius 1 is 0.961 bits per heavy atom. The molecule has 7 nitrogen and oxygen atoms in total. The molecule has 1 saturated heterocycles. The van der Waals surface area contributed by atoms with E-state index in [1.807, 2.05) is 26.0 Å². The number of carboxylic acids is 1. The zero-order valence-corrected chi connectivity index (χ0v) is 30.3. The number of likely N-dealkylation sites (tertiary alicyclic amines) is 1. The zero-order chi connectivity index (χ0) is 36.8. The Hall–Kier alpha value is -3.92. The number of carbonyl (C=O) groups excluding carboxylic acids is 1. The molecule has 2 aromatic carbocycles. The number of piperidine rings is 1. The average molecular weight is 706 g/mol. The van der Waals surface area contributed by atoms with Crippen LogP contribution in [0.25, 0.3) is 11.1 Å². The van der Waals surface area contributed by atoms with Crippen LogP contribution in [0.1, 0.15) is 121 Å². The third-order valence-corrected chi connectivity index (χ3v) is 11.1. The van der Waals surface area contributed by atoms with Crippen molar-refractivity contribution in [3.8, 4) is 11.1 Å². The molecule has 1 aliphatic heterocycles. The van der Waals surface area contributed by atoms with Crippen molar-refractivity contribution in [2.45, 2.75) is 123 Å². The van der Waals surface area contributed by atoms with E-state index in [0.29, 0.717) is 43.6 Å². The molecule has 1 saturated carbocycles. The molecule has 10 heteroatoms. The quantitative estimate of drug-likeness (QED) is 0.210. The first-order valence-corrected chi connectivity index (χ1v) is 18.4. The lowest BCUT2D eigenvalue weighted by molar-refractivity contribution is -0.139. The lowest BCUT2D eigenvalue weighted by Gasteiger charge is -2.34. The van der Waals surface area contributed by atoms with Gasteiger partial charge in [-0.2, -0.15) is 13.2 Å². The van der Waals surface area contributed by atoms with E-state index < -0.39 is 53.6 Å². The van der Waals surface area contributed by atoms with E-state index in [1.165, 1.54) is 11.8 Å². The highest BCUT2D eigenvalue weighted by atomic mass is 19.4. The number of hydrogen-bond donors (Lipinski definition) is 2. The van der Waals surface area contributed by atoms with Gasteiger partial charge in [0.2, 0.25) is 5.91 Å². The number of carbonyl (C=O) groups is 2. The van der Waals surface area contributed by atoms with Gasteiger partial charge in [-0.1, -0.05) is 37.6 Å². The fourth-order valence-electron chi connectivity index (χ4n) is 8.64. The average Bonchev–Trinajstić information content (AvgIpc) is 3.78. The molecule has 0 bridgehead atoms. The number of nitrogens with one attached hydrogen (secondary N) is 1. The number of amides is 1. The van der Waals surface area contributed by atoms with Crippen LogP contribution < -0.4 is 10.9 Å². The van der Waals surface area contributed by atoms with Crippen LogP contribution in [0.2, 0.25) is 0 Å². The highest BCUT2D eigenvalue weighted by molar-refractivity contribution is 5.82. The number of aryl methyl sites for hydroxylation is 4. The molecule has 3 aliphatic rings. The number of hydrogen-bond acceptors (Lipinski definition) is 4. The van der Waals surface area contributed by atoms with Gasteiger partial charge >= 0.3 is 12.1 Å². The van der Waals surface area contributed by atoms with Crippen LogP contribution in [0.4, 0.5) is 13.2 Å². The lowest BCUT2D eigenvalue weighted by atomic mass is 9.86. The SMILES string of the molecule is Cc1cc(C)c(-c2cc(C(CC(=O)O)NC(=O)C(CC(C)C)n3cc(C4CCN(C5CC5)CC4)c(C(F)(F)F)cc3=O)cc3c2CCC3)c(C)c1. The van der Waals surface area contributed by atoms with Gasteiger partial charge < -0.3 is 19.9 Å². The highest BCUT2D eigenvalue weighted by Crippen LogP contribution is 2.42. The number of benzene rings is 2. The second kappa shape index (κ2) is 14.6. The fourth-order valence-corrected chi connectivity index (χ4v) is 8.64. The number of halogens is 3. The van der Waals surface area contributed by atoms with Gasteiger partial charge in [-0.05, 0) is 148 Å². The van der Waals surface area contributed by atoms with E-state index >= 15 is 0 Å². The molecule has 1 aromatic heterocycles. The number of aromatic nitrogens is 1. The Kier molecular flexibility index (Phi) is 10.6. The summed E-state index contributed by atoms with van der Waals surface area (Å²) in [6.07, 6.45) is 2.40. The molecule has 2 atom stereocenters. The number of carboxylic acid groups (broad SMARTS) is 1. The Bertz CT molecular complexity index is 1850. The molecule has 51 heavy (non-hydrogen) atoms. The summed E-state index contributed by atoms with van der Waals surface area (Å²) in [5.74, 6) is -2.17. The molecule has 1 amide bonds. The van der Waals surface area contributed by atoms with E-state index in [-0.39, 0.29) is 17.9 Å². The number of rotatable bonds is 11. The van der Waals surface area contributed by atoms with Crippen LogP contribution in [0.15, 0.2) is 41.3 Å². The smallest absolute Gasteiger partial charge is 0.416 e. The molecule has 274 valence electrons. The summed E-state index contributed by atoms with van der Waals surface area (Å²) in [7, 11) is 0. The van der Waals surface area contributed by atoms with Crippen molar-refractivity contribution < 1.29 is 27.9 Å². The maximum absolute atomic E-state index is 14.4. The summed E-state index contributed by atoms with van der Waals surface area (Å²) in [6.45, 7) is 11.4. The first-order chi connectivity index (χ1) is 24.1. The summed E-state index contributed by atoms with van der Waals surface area (Å²) in [6, 6.07) is 7.38. The van der Waals surface area contributed by atoms with Crippen LogP contribution in [0.5, 0.6) is 0 Å². The number of fused-ring (bicyclic) bond motifs is 1. The van der Waals surface area contributed by atoms with Crippen molar-refractivity contribution in [3.63, 3.8) is 0 Å². The minimum atomic E-state index is -4.72. The molecule has 2 N–H and O–H groups in total. The molecular formula is C41H50F3N3O4. The topological polar surface area (TPSA) is 91.6 Å². The van der Waals surface area contributed by atoms with Gasteiger partial charge in [0.05, 0.1) is 18.0 Å². The standard InChI is InChI=1S/C41H50F3N3O4/c1-23(2)15-36(47-22-33(34(20-37(47)48)41(42,43)44)27-11-13-46(14-12-27)30-9-10-30)40(51)45-35(21-38(49)50)29-18-28-7-6-8-31(28)32(19-29)39-25(4)16-24(3)17-26(39)5/h16-20,22-23,27,30,35-36H,6-15,21H2,1-5H3,(H,45,51)(H,49,50). The maximum Gasteiger partial charge on any atom is 0.416 e. The Morgan fingerprint density at radius 2 is 1.63 bits per heavy atom. The first kappa shape index (κ1) is 36.9. The van der Waals surface area contributed by atoms with Gasteiger partial charge in [-0.3, -0.25) is 14.4 Å². The van der Waals surface area contributed by atoms with Crippen molar-refractivity contribution >= 4 is 11.9 Å². The van der Waals surface area contributed by atoms with Crippen molar-refractivity contribution in [2.24, 2.45) is 5.92 Å². The zero-order valence-electron chi connectivity index (χ0n) is 30.3. The van der Waals surface area contributed by atoms with Gasteiger partial charge in [-0.25, -0.2) is 0 Å². The van der Waals surface area contributed by atoms with Gasteiger partial charge in [0.25, 0.3) is 5.56 Å². The Labute approximate surface area is 298 Å². The van der Waals surface area contributed by atoms with E-state index in [9.17, 15) is 32.7 Å². The number of alkyl halides is 3. The van der Waals surface area contributed by atoms with Crippen molar-refractivity contribution in [3.05, 3.63) is 91.4 Å². The number of nitrogens with zero attached hydrogens (tertiary/aromatic N) is 2. The lowest BCUT2D eigenvalue weighted by Crippen LogP contribution is -2.41. The molecule has 6 rings (SSSR count). The normalized spacial score (nSPS) is 18.1. The number of aliphatic carboxylic acids is 1. The summed E-state index contributed by atoms with van der Waals surface area (Å²) < 4.78 is 44.4. The van der Waals surface area contributed by atoms with Crippen LogP contribution in [-0.4, -0.2) is 45.6 Å². The Morgan fingerprint density at radius 3 is 2.22 bits per heavy atom. The maximum atomic E-state index is 14.4. The minimum absolute atomic E-state index is 0.0493. The van der Waals surface area contributed by atoms with Crippen LogP contribution in [0, 0.1) is 26.7 Å². The van der Waals surface area contributed by atoms with E-state index in [2.05, 4.69) is 43.1 Å². The monoisotopic (exact) mass is 705 g/mol. The van der Waals surface area contributed by atoms with Gasteiger partial charge in [0.15, 0.2) is 0 Å². The minimum Gasteiger partial charge on any atom is -0.481 e. The largest absolute Gasteiger partial charge is 0.481 e. The van der Waals surface area contributed by atoms with Gasteiger partial charge in [0.1, 0.15) is 6.04 Å². The summed E-state index contributed by atoms with van der Waals surface area (Å²) >= 11 is 0. The molecule has 0 spiro atoms. The van der Waals surface area contributed by atoms with Gasteiger partial charge in [-0.15, -0.1) is 0 Å². The van der Waals surface area contributed by atoms with Crippen LogP contribution in [0.3, 0.4) is 0 Å². The third-order valence-electron chi connectivity index (χ3n) is 11.1. The molecule has 3 aromatic rings. The summed E-state index contributed by atoms with van der Waals surface area (Å²) in [5.41, 5.74) is 6.76. The predicted octanol–water partition coefficient (Wildman–Crippen LogP) is 8.21. The Balaban J connectivity index is 1.38. The number of pyridine rings is 1. The van der Waals surface area contributed by atoms with Crippen LogP contribution >= 0.6 is 0 Å². The summed E-state index contributed by atoms with van der Waals surface area (Å²) in [4.78, 5) is 42.5.